The van der Waals surface area contributed by atoms with Crippen molar-refractivity contribution in [3.8, 4) is 6.07 Å². The molecule has 1 unspecified atom stereocenters. The van der Waals surface area contributed by atoms with E-state index in [1.54, 1.807) is 6.07 Å². The average Bonchev–Trinajstić information content (AvgIpc) is 2.30. The Morgan fingerprint density at radius 1 is 1.50 bits per heavy atom. The first kappa shape index (κ1) is 16.4. The molecule has 1 heteroatoms. The third-order valence-corrected chi connectivity index (χ3v) is 2.90. The Kier molecular flexibility index (Phi) is 8.66. The Morgan fingerprint density at radius 3 is 2.61 bits per heavy atom. The van der Waals surface area contributed by atoms with Crippen LogP contribution in [0.4, 0.5) is 0 Å². The molecule has 0 bridgehead atoms. The van der Waals surface area contributed by atoms with Crippen LogP contribution < -0.4 is 0 Å². The number of nitrogens with zero attached hydrogens (tertiary/aromatic N) is 1. The molecule has 0 saturated carbocycles. The van der Waals surface area contributed by atoms with Gasteiger partial charge in [-0.1, -0.05) is 43.4 Å². The van der Waals surface area contributed by atoms with Gasteiger partial charge in [0, 0.05) is 6.92 Å². The zero-order valence-corrected chi connectivity index (χ0v) is 12.2. The Labute approximate surface area is 112 Å². The second-order valence-electron chi connectivity index (χ2n) is 4.73. The monoisotopic (exact) mass is 243 g/mol. The number of hydrogen-bond acceptors (Lipinski definition) is 1. The molecule has 0 aromatic rings. The van der Waals surface area contributed by atoms with E-state index in [1.165, 1.54) is 36.5 Å². The van der Waals surface area contributed by atoms with Gasteiger partial charge in [0.05, 0.1) is 6.07 Å². The normalized spacial score (nSPS) is 22.3. The molecule has 0 aromatic carbocycles. The van der Waals surface area contributed by atoms with Crippen LogP contribution in [0.1, 0.15) is 47.0 Å². The fraction of sp³-hybridized carbons (Fsp3) is 0.471. The summed E-state index contributed by atoms with van der Waals surface area (Å²) in [6, 6.07) is 1.75. The molecule has 0 aliphatic heterocycles. The van der Waals surface area contributed by atoms with Crippen LogP contribution in [-0.2, 0) is 0 Å². The zero-order valence-electron chi connectivity index (χ0n) is 12.2. The molecule has 0 heterocycles. The first-order valence-corrected chi connectivity index (χ1v) is 6.54. The molecule has 1 aliphatic rings. The van der Waals surface area contributed by atoms with E-state index in [-0.39, 0.29) is 0 Å². The molecule has 1 nitrogen and oxygen atoms in total. The lowest BCUT2D eigenvalue weighted by Crippen LogP contribution is -1.95. The molecule has 0 saturated heterocycles. The molecule has 0 spiro atoms. The molecular weight excluding hydrogens is 218 g/mol. The first-order chi connectivity index (χ1) is 8.54. The molecular formula is C17H25N. The maximum Gasteiger partial charge on any atom is 0.0587 e. The van der Waals surface area contributed by atoms with Crippen LogP contribution in [0.3, 0.4) is 0 Å². The topological polar surface area (TPSA) is 23.8 Å². The van der Waals surface area contributed by atoms with Crippen LogP contribution in [-0.4, -0.2) is 0 Å². The molecule has 1 rings (SSSR count). The van der Waals surface area contributed by atoms with Crippen molar-refractivity contribution in [3.05, 3.63) is 47.6 Å². The molecule has 0 aromatic heterocycles. The summed E-state index contributed by atoms with van der Waals surface area (Å²) in [6.07, 6.45) is 12.6. The van der Waals surface area contributed by atoms with Crippen LogP contribution in [0.15, 0.2) is 47.6 Å². The van der Waals surface area contributed by atoms with Crippen LogP contribution >= 0.6 is 0 Å². The minimum atomic E-state index is 0.711. The van der Waals surface area contributed by atoms with Gasteiger partial charge >= 0.3 is 0 Å². The van der Waals surface area contributed by atoms with Crippen molar-refractivity contribution in [1.82, 2.24) is 0 Å². The Morgan fingerprint density at radius 2 is 2.11 bits per heavy atom. The smallest absolute Gasteiger partial charge is 0.0587 e. The molecule has 0 radical (unpaired) electrons. The van der Waals surface area contributed by atoms with Gasteiger partial charge in [-0.05, 0) is 50.2 Å². The van der Waals surface area contributed by atoms with E-state index in [9.17, 15) is 0 Å². The van der Waals surface area contributed by atoms with Crippen molar-refractivity contribution in [2.45, 2.75) is 47.0 Å². The Hall–Kier alpha value is -1.55. The van der Waals surface area contributed by atoms with Crippen LogP contribution in [0.2, 0.25) is 0 Å². The molecule has 98 valence electrons. The van der Waals surface area contributed by atoms with E-state index >= 15 is 0 Å². The molecule has 18 heavy (non-hydrogen) atoms. The standard InChI is InChI=1S/C15H22.C2H3N/c1-5-14-7-6-8-15(11-12(2)3)13(4)9-10-14;1-2-3/h6,8-10,14H,2,5,7,11H2,1,3-4H3;1H3/b8-6?,10-9?,15-13+;. The SMILES string of the molecule is C=C(C)C/C1=C(\C)C=CC(CC)CC=C1.CC#N. The predicted octanol–water partition coefficient (Wildman–Crippen LogP) is 5.34. The van der Waals surface area contributed by atoms with Crippen LogP contribution in [0.5, 0.6) is 0 Å². The highest BCUT2D eigenvalue weighted by Gasteiger charge is 2.04. The minimum Gasteiger partial charge on any atom is -0.199 e. The Bertz CT molecular complexity index is 388. The highest BCUT2D eigenvalue weighted by molar-refractivity contribution is 5.35. The van der Waals surface area contributed by atoms with E-state index in [2.05, 4.69) is 51.7 Å². The van der Waals surface area contributed by atoms with Crippen molar-refractivity contribution in [2.24, 2.45) is 5.92 Å². The van der Waals surface area contributed by atoms with Gasteiger partial charge in [-0.3, -0.25) is 0 Å². The van der Waals surface area contributed by atoms with Crippen molar-refractivity contribution < 1.29 is 0 Å². The Balaban J connectivity index is 0.000000873. The highest BCUT2D eigenvalue weighted by atomic mass is 14.2. The molecule has 0 N–H and O–H groups in total. The van der Waals surface area contributed by atoms with Crippen LogP contribution in [0.25, 0.3) is 0 Å². The quantitative estimate of drug-likeness (QED) is 0.614. The predicted molar refractivity (Wildman–Crippen MR) is 80.1 cm³/mol. The van der Waals surface area contributed by atoms with Gasteiger partial charge in [-0.2, -0.15) is 5.26 Å². The van der Waals surface area contributed by atoms with Gasteiger partial charge in [0.15, 0.2) is 0 Å². The first-order valence-electron chi connectivity index (χ1n) is 6.54. The van der Waals surface area contributed by atoms with E-state index in [0.29, 0.717) is 5.92 Å². The number of hydrogen-bond donors (Lipinski definition) is 0. The third kappa shape index (κ3) is 6.91. The second kappa shape index (κ2) is 9.48. The molecule has 1 atom stereocenters. The van der Waals surface area contributed by atoms with Crippen molar-refractivity contribution in [2.75, 3.05) is 0 Å². The summed E-state index contributed by atoms with van der Waals surface area (Å²) in [5, 5.41) is 7.32. The summed E-state index contributed by atoms with van der Waals surface area (Å²) in [5.74, 6) is 0.711. The van der Waals surface area contributed by atoms with E-state index in [0.717, 1.165) is 6.42 Å². The van der Waals surface area contributed by atoms with Crippen molar-refractivity contribution in [1.29, 1.82) is 5.26 Å². The highest BCUT2D eigenvalue weighted by Crippen LogP contribution is 2.22. The number of rotatable bonds is 3. The van der Waals surface area contributed by atoms with E-state index in [1.807, 2.05) is 0 Å². The number of nitriles is 1. The average molecular weight is 243 g/mol. The van der Waals surface area contributed by atoms with Gasteiger partial charge < -0.3 is 0 Å². The van der Waals surface area contributed by atoms with Crippen LogP contribution in [0, 0.1) is 17.2 Å². The molecule has 1 aliphatic carbocycles. The summed E-state index contributed by atoms with van der Waals surface area (Å²) in [4.78, 5) is 0. The summed E-state index contributed by atoms with van der Waals surface area (Å²) in [7, 11) is 0. The van der Waals surface area contributed by atoms with E-state index in [4.69, 9.17) is 5.26 Å². The maximum atomic E-state index is 7.32. The van der Waals surface area contributed by atoms with Crippen molar-refractivity contribution >= 4 is 0 Å². The van der Waals surface area contributed by atoms with Gasteiger partial charge in [0.2, 0.25) is 0 Å². The molecule has 0 fully saturated rings. The lowest BCUT2D eigenvalue weighted by molar-refractivity contribution is 0.636. The zero-order chi connectivity index (χ0) is 14.0. The minimum absolute atomic E-state index is 0.711. The second-order valence-corrected chi connectivity index (χ2v) is 4.73. The summed E-state index contributed by atoms with van der Waals surface area (Å²) in [5.41, 5.74) is 4.02. The van der Waals surface area contributed by atoms with Gasteiger partial charge in [0.25, 0.3) is 0 Å². The third-order valence-electron chi connectivity index (χ3n) is 2.90. The summed E-state index contributed by atoms with van der Waals surface area (Å²) < 4.78 is 0. The van der Waals surface area contributed by atoms with Gasteiger partial charge in [0.1, 0.15) is 0 Å². The summed E-state index contributed by atoms with van der Waals surface area (Å²) >= 11 is 0. The van der Waals surface area contributed by atoms with E-state index < -0.39 is 0 Å². The summed E-state index contributed by atoms with van der Waals surface area (Å²) in [6.45, 7) is 11.9. The maximum absolute atomic E-state index is 7.32. The largest absolute Gasteiger partial charge is 0.199 e. The lowest BCUT2D eigenvalue weighted by atomic mass is 9.94. The fourth-order valence-electron chi connectivity index (χ4n) is 1.81. The number of allylic oxidation sites excluding steroid dienone is 7. The fourth-order valence-corrected chi connectivity index (χ4v) is 1.81. The lowest BCUT2D eigenvalue weighted by Gasteiger charge is -2.12. The van der Waals surface area contributed by atoms with Gasteiger partial charge in [-0.25, -0.2) is 0 Å². The van der Waals surface area contributed by atoms with Gasteiger partial charge in [-0.15, -0.1) is 0 Å². The van der Waals surface area contributed by atoms with Crippen molar-refractivity contribution in [3.63, 3.8) is 0 Å². The molecule has 0 amide bonds.